The molecule has 0 saturated heterocycles. The van der Waals surface area contributed by atoms with E-state index in [4.69, 9.17) is 14.2 Å². The fraction of sp³-hybridized carbons (Fsp3) is 0.586. The van der Waals surface area contributed by atoms with Gasteiger partial charge in [0.1, 0.15) is 11.6 Å². The lowest BCUT2D eigenvalue weighted by Crippen LogP contribution is -2.36. The zero-order valence-electron chi connectivity index (χ0n) is 22.0. The predicted octanol–water partition coefficient (Wildman–Crippen LogP) is 5.64. The highest BCUT2D eigenvalue weighted by molar-refractivity contribution is 5.79. The van der Waals surface area contributed by atoms with Gasteiger partial charge in [-0.15, -0.1) is 0 Å². The summed E-state index contributed by atoms with van der Waals surface area (Å²) in [6.45, 7) is 6.71. The molecule has 8 heteroatoms. The molecule has 0 radical (unpaired) electrons. The molecule has 0 amide bonds. The molecule has 1 fully saturated rings. The molecule has 0 bridgehead atoms. The number of hydrogen-bond acceptors (Lipinski definition) is 6. The number of aryl methyl sites for hydroxylation is 2. The van der Waals surface area contributed by atoms with Crippen molar-refractivity contribution in [2.24, 2.45) is 11.3 Å². The topological polar surface area (TPSA) is 87.2 Å². The van der Waals surface area contributed by atoms with Gasteiger partial charge in [0.2, 0.25) is 0 Å². The van der Waals surface area contributed by atoms with Gasteiger partial charge in [-0.25, -0.2) is 9.37 Å². The van der Waals surface area contributed by atoms with Gasteiger partial charge in [-0.05, 0) is 70.4 Å². The molecule has 2 aliphatic rings. The molecule has 3 aromatic rings. The van der Waals surface area contributed by atoms with Crippen molar-refractivity contribution < 1.29 is 18.4 Å². The van der Waals surface area contributed by atoms with E-state index in [-0.39, 0.29) is 34.6 Å². The Balaban J connectivity index is 1.35. The Kier molecular flexibility index (Phi) is 7.19. The molecule has 0 atom stereocenters. The Morgan fingerprint density at radius 3 is 2.81 bits per heavy atom. The van der Waals surface area contributed by atoms with Crippen molar-refractivity contribution in [1.82, 2.24) is 14.7 Å². The number of benzene rings is 1. The van der Waals surface area contributed by atoms with Crippen LogP contribution in [-0.2, 0) is 28.9 Å². The van der Waals surface area contributed by atoms with Crippen molar-refractivity contribution in [3.05, 3.63) is 57.1 Å². The summed E-state index contributed by atoms with van der Waals surface area (Å²) in [6, 6.07) is 4.55. The van der Waals surface area contributed by atoms with Gasteiger partial charge in [0.15, 0.2) is 5.58 Å². The maximum atomic E-state index is 13.6. The largest absolute Gasteiger partial charge is 0.465 e. The molecule has 7 nitrogen and oxygen atoms in total. The minimum Gasteiger partial charge on any atom is -0.465 e. The Bertz CT molecular complexity index is 1350. The van der Waals surface area contributed by atoms with Crippen molar-refractivity contribution in [3.63, 3.8) is 0 Å². The average molecular weight is 510 g/mol. The number of fused-ring (bicyclic) bond motifs is 2. The number of rotatable bonds is 7. The second-order valence-corrected chi connectivity index (χ2v) is 11.3. The fourth-order valence-corrected chi connectivity index (χ4v) is 6.00. The van der Waals surface area contributed by atoms with E-state index < -0.39 is 0 Å². The standard InChI is InChI=1S/C29H36FN3O4/c1-18(2)28(35)36-17-29(14-11-22-19(3)31-25-6-4-5-15-33(25)27(22)34)12-9-20(10-13-29)26-23-8-7-21(30)16-24(23)37-32-26/h7-8,16,18,20H,4-6,9-15,17H2,1-3H3. The van der Waals surface area contributed by atoms with E-state index >= 15 is 0 Å². The first-order valence-corrected chi connectivity index (χ1v) is 13.6. The minimum atomic E-state index is -0.340. The van der Waals surface area contributed by atoms with E-state index in [1.54, 1.807) is 6.07 Å². The number of nitrogens with zero attached hydrogens (tertiary/aromatic N) is 3. The number of halogens is 1. The van der Waals surface area contributed by atoms with Crippen molar-refractivity contribution >= 4 is 16.9 Å². The monoisotopic (exact) mass is 509 g/mol. The van der Waals surface area contributed by atoms with Crippen molar-refractivity contribution in [1.29, 1.82) is 0 Å². The second kappa shape index (κ2) is 10.4. The Morgan fingerprint density at radius 2 is 2.05 bits per heavy atom. The molecule has 1 saturated carbocycles. The molecule has 2 aromatic heterocycles. The smallest absolute Gasteiger partial charge is 0.308 e. The Hall–Kier alpha value is -3.03. The lowest BCUT2D eigenvalue weighted by Gasteiger charge is -2.39. The zero-order valence-corrected chi connectivity index (χ0v) is 22.0. The predicted molar refractivity (Wildman–Crippen MR) is 138 cm³/mol. The first-order chi connectivity index (χ1) is 17.8. The molecule has 5 rings (SSSR count). The molecule has 1 aliphatic heterocycles. The molecule has 0 unspecified atom stereocenters. The van der Waals surface area contributed by atoms with Crippen LogP contribution >= 0.6 is 0 Å². The summed E-state index contributed by atoms with van der Waals surface area (Å²) in [6.07, 6.45) is 7.73. The van der Waals surface area contributed by atoms with Crippen LogP contribution in [0, 0.1) is 24.1 Å². The third-order valence-corrected chi connectivity index (χ3v) is 8.37. The lowest BCUT2D eigenvalue weighted by atomic mass is 9.67. The molecule has 198 valence electrons. The maximum Gasteiger partial charge on any atom is 0.308 e. The normalized spacial score (nSPS) is 21.8. The summed E-state index contributed by atoms with van der Waals surface area (Å²) in [4.78, 5) is 30.4. The van der Waals surface area contributed by atoms with E-state index in [0.717, 1.165) is 86.1 Å². The van der Waals surface area contributed by atoms with Gasteiger partial charge in [0, 0.05) is 47.0 Å². The first kappa shape index (κ1) is 25.6. The number of carbonyl (C=O) groups excluding carboxylic acids is 1. The van der Waals surface area contributed by atoms with Crippen LogP contribution in [0.4, 0.5) is 4.39 Å². The molecule has 3 heterocycles. The van der Waals surface area contributed by atoms with Crippen LogP contribution < -0.4 is 5.56 Å². The summed E-state index contributed by atoms with van der Waals surface area (Å²) < 4.78 is 26.7. The number of aromatic nitrogens is 3. The summed E-state index contributed by atoms with van der Waals surface area (Å²) in [5, 5.41) is 5.14. The van der Waals surface area contributed by atoms with Crippen LogP contribution in [0.5, 0.6) is 0 Å². The molecule has 0 N–H and O–H groups in total. The molecule has 37 heavy (non-hydrogen) atoms. The van der Waals surface area contributed by atoms with E-state index in [1.807, 2.05) is 25.3 Å². The molecular weight excluding hydrogens is 473 g/mol. The van der Waals surface area contributed by atoms with E-state index in [9.17, 15) is 14.0 Å². The summed E-state index contributed by atoms with van der Waals surface area (Å²) >= 11 is 0. The van der Waals surface area contributed by atoms with Gasteiger partial charge in [-0.3, -0.25) is 14.2 Å². The van der Waals surface area contributed by atoms with E-state index in [0.29, 0.717) is 18.6 Å². The van der Waals surface area contributed by atoms with Gasteiger partial charge >= 0.3 is 5.97 Å². The van der Waals surface area contributed by atoms with Gasteiger partial charge in [-0.1, -0.05) is 19.0 Å². The fourth-order valence-electron chi connectivity index (χ4n) is 6.00. The van der Waals surface area contributed by atoms with Gasteiger partial charge < -0.3 is 9.26 Å². The molecular formula is C29H36FN3O4. The number of carbonyl (C=O) groups is 1. The number of ether oxygens (including phenoxy) is 1. The van der Waals surface area contributed by atoms with Crippen molar-refractivity contribution in [2.75, 3.05) is 6.61 Å². The van der Waals surface area contributed by atoms with Crippen LogP contribution in [-0.4, -0.2) is 27.3 Å². The molecule has 1 aliphatic carbocycles. The van der Waals surface area contributed by atoms with E-state index in [2.05, 4.69) is 5.16 Å². The first-order valence-electron chi connectivity index (χ1n) is 13.6. The van der Waals surface area contributed by atoms with Gasteiger partial charge in [0.25, 0.3) is 5.56 Å². The number of hydrogen-bond donors (Lipinski definition) is 0. The highest BCUT2D eigenvalue weighted by Gasteiger charge is 2.38. The van der Waals surface area contributed by atoms with Crippen molar-refractivity contribution in [3.8, 4) is 0 Å². The lowest BCUT2D eigenvalue weighted by molar-refractivity contribution is -0.152. The van der Waals surface area contributed by atoms with Crippen LogP contribution in [0.1, 0.15) is 87.5 Å². The van der Waals surface area contributed by atoms with Crippen LogP contribution in [0.15, 0.2) is 27.5 Å². The van der Waals surface area contributed by atoms with E-state index in [1.165, 1.54) is 12.1 Å². The third kappa shape index (κ3) is 5.20. The van der Waals surface area contributed by atoms with Crippen LogP contribution in [0.3, 0.4) is 0 Å². The van der Waals surface area contributed by atoms with Gasteiger partial charge in [0.05, 0.1) is 18.2 Å². The second-order valence-electron chi connectivity index (χ2n) is 11.3. The highest BCUT2D eigenvalue weighted by atomic mass is 19.1. The Labute approximate surface area is 216 Å². The summed E-state index contributed by atoms with van der Waals surface area (Å²) in [7, 11) is 0. The average Bonchev–Trinajstić information content (AvgIpc) is 3.30. The van der Waals surface area contributed by atoms with Crippen LogP contribution in [0.25, 0.3) is 11.0 Å². The number of esters is 1. The zero-order chi connectivity index (χ0) is 26.2. The maximum absolute atomic E-state index is 13.6. The SMILES string of the molecule is Cc1nc2n(c(=O)c1CCC1(COC(=O)C(C)C)CCC(c3noc4cc(F)ccc34)CC1)CCCC2. The quantitative estimate of drug-likeness (QED) is 0.383. The van der Waals surface area contributed by atoms with Gasteiger partial charge in [-0.2, -0.15) is 0 Å². The van der Waals surface area contributed by atoms with Crippen molar-refractivity contribution in [2.45, 2.75) is 91.0 Å². The Morgan fingerprint density at radius 1 is 1.27 bits per heavy atom. The third-order valence-electron chi connectivity index (χ3n) is 8.37. The molecule has 1 aromatic carbocycles. The summed E-state index contributed by atoms with van der Waals surface area (Å²) in [5.41, 5.74) is 2.82. The summed E-state index contributed by atoms with van der Waals surface area (Å²) in [5.74, 6) is 0.370. The molecule has 0 spiro atoms. The van der Waals surface area contributed by atoms with Crippen LogP contribution in [0.2, 0.25) is 0 Å². The highest BCUT2D eigenvalue weighted by Crippen LogP contribution is 2.47. The minimum absolute atomic E-state index is 0.0894.